The molecular weight excluding hydrogens is 281 g/mol. The third kappa shape index (κ3) is 3.28. The average Bonchev–Trinajstić information content (AvgIpc) is 2.84. The van der Waals surface area contributed by atoms with Crippen molar-refractivity contribution >= 4 is 23.1 Å². The predicted octanol–water partition coefficient (Wildman–Crippen LogP) is 1.24. The second kappa shape index (κ2) is 6.40. The summed E-state index contributed by atoms with van der Waals surface area (Å²) in [6.07, 6.45) is 1.93. The standard InChI is InChI=1S/C12H14FN5OS/c1-7-6-20-9(17-7)3-5-16-12(19)8-2-4-15-11(18-14)10(8)13/h2,4,6H,3,5,14H2,1H3,(H,15,18)(H,16,19). The summed E-state index contributed by atoms with van der Waals surface area (Å²) in [4.78, 5) is 19.8. The summed E-state index contributed by atoms with van der Waals surface area (Å²) < 4.78 is 13.8. The van der Waals surface area contributed by atoms with Crippen molar-refractivity contribution < 1.29 is 9.18 Å². The van der Waals surface area contributed by atoms with Crippen LogP contribution in [0.1, 0.15) is 21.1 Å². The Bertz CT molecular complexity index is 616. The first-order valence-corrected chi connectivity index (χ1v) is 6.80. The van der Waals surface area contributed by atoms with E-state index in [-0.39, 0.29) is 11.4 Å². The number of nitrogens with one attached hydrogen (secondary N) is 2. The van der Waals surface area contributed by atoms with E-state index in [0.717, 1.165) is 10.7 Å². The molecule has 0 aliphatic carbocycles. The maximum atomic E-state index is 13.8. The Balaban J connectivity index is 1.95. The van der Waals surface area contributed by atoms with Gasteiger partial charge in [0.1, 0.15) is 0 Å². The lowest BCUT2D eigenvalue weighted by atomic mass is 10.2. The van der Waals surface area contributed by atoms with Crippen LogP contribution in [0.2, 0.25) is 0 Å². The molecule has 6 nitrogen and oxygen atoms in total. The Labute approximate surface area is 119 Å². The molecule has 0 unspecified atom stereocenters. The number of carbonyl (C=O) groups excluding carboxylic acids is 1. The van der Waals surface area contributed by atoms with E-state index in [1.807, 2.05) is 12.3 Å². The largest absolute Gasteiger partial charge is 0.352 e. The highest BCUT2D eigenvalue weighted by Crippen LogP contribution is 2.14. The first kappa shape index (κ1) is 14.4. The molecule has 0 aliphatic heterocycles. The van der Waals surface area contributed by atoms with Gasteiger partial charge in [-0.3, -0.25) is 4.79 Å². The molecule has 0 atom stereocenters. The zero-order chi connectivity index (χ0) is 14.5. The number of halogens is 1. The van der Waals surface area contributed by atoms with Gasteiger partial charge in [0, 0.05) is 30.2 Å². The van der Waals surface area contributed by atoms with Crippen molar-refractivity contribution in [3.63, 3.8) is 0 Å². The van der Waals surface area contributed by atoms with E-state index in [9.17, 15) is 9.18 Å². The second-order valence-corrected chi connectivity index (χ2v) is 5.00. The van der Waals surface area contributed by atoms with Crippen LogP contribution in [0.3, 0.4) is 0 Å². The maximum Gasteiger partial charge on any atom is 0.254 e. The maximum absolute atomic E-state index is 13.8. The molecule has 2 aromatic rings. The van der Waals surface area contributed by atoms with Gasteiger partial charge in [-0.25, -0.2) is 20.2 Å². The number of nitrogens with two attached hydrogens (primary N) is 1. The molecule has 0 bridgehead atoms. The number of rotatable bonds is 5. The van der Waals surface area contributed by atoms with Gasteiger partial charge in [-0.15, -0.1) is 11.3 Å². The summed E-state index contributed by atoms with van der Waals surface area (Å²) in [6.45, 7) is 2.30. The van der Waals surface area contributed by atoms with Crippen LogP contribution in [-0.2, 0) is 6.42 Å². The van der Waals surface area contributed by atoms with E-state index in [4.69, 9.17) is 5.84 Å². The highest BCUT2D eigenvalue weighted by atomic mass is 32.1. The monoisotopic (exact) mass is 295 g/mol. The topological polar surface area (TPSA) is 92.9 Å². The predicted molar refractivity (Wildman–Crippen MR) is 74.9 cm³/mol. The molecule has 1 amide bonds. The summed E-state index contributed by atoms with van der Waals surface area (Å²) in [5, 5.41) is 5.52. The second-order valence-electron chi connectivity index (χ2n) is 4.05. The van der Waals surface area contributed by atoms with Crippen molar-refractivity contribution in [2.45, 2.75) is 13.3 Å². The highest BCUT2D eigenvalue weighted by molar-refractivity contribution is 7.09. The molecular formula is C12H14FN5OS. The van der Waals surface area contributed by atoms with E-state index in [1.165, 1.54) is 23.6 Å². The third-order valence-corrected chi connectivity index (χ3v) is 3.59. The molecule has 4 N–H and O–H groups in total. The summed E-state index contributed by atoms with van der Waals surface area (Å²) in [7, 11) is 0. The number of aromatic nitrogens is 2. The van der Waals surface area contributed by atoms with E-state index in [0.29, 0.717) is 13.0 Å². The number of nitrogens with zero attached hydrogens (tertiary/aromatic N) is 2. The van der Waals surface area contributed by atoms with Crippen LogP contribution in [0.25, 0.3) is 0 Å². The summed E-state index contributed by atoms with van der Waals surface area (Å²) in [6, 6.07) is 1.30. The Kier molecular flexibility index (Phi) is 4.59. The van der Waals surface area contributed by atoms with Crippen molar-refractivity contribution in [1.29, 1.82) is 0 Å². The fraction of sp³-hybridized carbons (Fsp3) is 0.250. The van der Waals surface area contributed by atoms with Gasteiger partial charge in [0.2, 0.25) is 0 Å². The normalized spacial score (nSPS) is 10.3. The van der Waals surface area contributed by atoms with E-state index < -0.39 is 11.7 Å². The van der Waals surface area contributed by atoms with E-state index in [1.54, 1.807) is 0 Å². The zero-order valence-corrected chi connectivity index (χ0v) is 11.6. The number of carbonyl (C=O) groups is 1. The first-order valence-electron chi connectivity index (χ1n) is 5.92. The molecule has 0 aliphatic rings. The lowest BCUT2D eigenvalue weighted by Crippen LogP contribution is -2.27. The molecule has 0 aromatic carbocycles. The Morgan fingerprint density at radius 3 is 3.00 bits per heavy atom. The summed E-state index contributed by atoms with van der Waals surface area (Å²) >= 11 is 1.53. The minimum Gasteiger partial charge on any atom is -0.352 e. The lowest BCUT2D eigenvalue weighted by molar-refractivity contribution is 0.0950. The first-order chi connectivity index (χ1) is 9.61. The fourth-order valence-corrected chi connectivity index (χ4v) is 2.39. The quantitative estimate of drug-likeness (QED) is 0.570. The summed E-state index contributed by atoms with van der Waals surface area (Å²) in [5.41, 5.74) is 2.96. The van der Waals surface area contributed by atoms with Crippen molar-refractivity contribution in [2.75, 3.05) is 12.0 Å². The van der Waals surface area contributed by atoms with Gasteiger partial charge in [-0.1, -0.05) is 0 Å². The van der Waals surface area contributed by atoms with Crippen LogP contribution in [-0.4, -0.2) is 22.4 Å². The highest BCUT2D eigenvalue weighted by Gasteiger charge is 2.15. The van der Waals surface area contributed by atoms with Crippen LogP contribution in [0.5, 0.6) is 0 Å². The van der Waals surface area contributed by atoms with Crippen molar-refractivity contribution in [3.05, 3.63) is 39.7 Å². The molecule has 20 heavy (non-hydrogen) atoms. The molecule has 2 aromatic heterocycles. The van der Waals surface area contributed by atoms with Crippen LogP contribution in [0, 0.1) is 12.7 Å². The van der Waals surface area contributed by atoms with Gasteiger partial charge in [0.15, 0.2) is 11.6 Å². The molecule has 2 heterocycles. The van der Waals surface area contributed by atoms with Crippen molar-refractivity contribution in [1.82, 2.24) is 15.3 Å². The number of hydrazine groups is 1. The molecule has 0 spiro atoms. The van der Waals surface area contributed by atoms with Crippen LogP contribution in [0.4, 0.5) is 10.2 Å². The molecule has 106 valence electrons. The van der Waals surface area contributed by atoms with Crippen LogP contribution < -0.4 is 16.6 Å². The van der Waals surface area contributed by atoms with E-state index in [2.05, 4.69) is 20.7 Å². The SMILES string of the molecule is Cc1csc(CCNC(=O)c2ccnc(NN)c2F)n1. The fourth-order valence-electron chi connectivity index (χ4n) is 1.62. The Morgan fingerprint density at radius 1 is 1.55 bits per heavy atom. The number of pyridine rings is 1. The molecule has 0 saturated carbocycles. The number of nitrogen functional groups attached to an aromatic ring is 1. The third-order valence-electron chi connectivity index (χ3n) is 2.56. The minimum absolute atomic E-state index is 0.0942. The number of amides is 1. The summed E-state index contributed by atoms with van der Waals surface area (Å²) in [5.74, 6) is 3.68. The van der Waals surface area contributed by atoms with Gasteiger partial charge in [-0.2, -0.15) is 0 Å². The Hall–Kier alpha value is -2.06. The average molecular weight is 295 g/mol. The number of aryl methyl sites for hydroxylation is 1. The lowest BCUT2D eigenvalue weighted by Gasteiger charge is -2.07. The molecule has 2 rings (SSSR count). The number of anilines is 1. The molecule has 8 heteroatoms. The molecule has 0 radical (unpaired) electrons. The van der Waals surface area contributed by atoms with Gasteiger partial charge >= 0.3 is 0 Å². The van der Waals surface area contributed by atoms with Crippen molar-refractivity contribution in [2.24, 2.45) is 5.84 Å². The molecule has 0 fully saturated rings. The number of hydrogen-bond donors (Lipinski definition) is 3. The van der Waals surface area contributed by atoms with Gasteiger partial charge < -0.3 is 10.7 Å². The van der Waals surface area contributed by atoms with Gasteiger partial charge in [0.05, 0.1) is 10.6 Å². The van der Waals surface area contributed by atoms with Gasteiger partial charge in [-0.05, 0) is 13.0 Å². The van der Waals surface area contributed by atoms with Crippen molar-refractivity contribution in [3.8, 4) is 0 Å². The zero-order valence-electron chi connectivity index (χ0n) is 10.8. The Morgan fingerprint density at radius 2 is 2.35 bits per heavy atom. The smallest absolute Gasteiger partial charge is 0.254 e. The number of thiazole rings is 1. The molecule has 0 saturated heterocycles. The van der Waals surface area contributed by atoms with Crippen LogP contribution >= 0.6 is 11.3 Å². The van der Waals surface area contributed by atoms with E-state index >= 15 is 0 Å². The number of hydrogen-bond acceptors (Lipinski definition) is 6. The van der Waals surface area contributed by atoms with Crippen LogP contribution in [0.15, 0.2) is 17.6 Å². The van der Waals surface area contributed by atoms with Gasteiger partial charge in [0.25, 0.3) is 5.91 Å². The minimum atomic E-state index is -0.766.